The van der Waals surface area contributed by atoms with Gasteiger partial charge >= 0.3 is 6.09 Å². The highest BCUT2D eigenvalue weighted by Crippen LogP contribution is 2.33. The third-order valence-corrected chi connectivity index (χ3v) is 4.80. The number of imide groups is 1. The van der Waals surface area contributed by atoms with Crippen LogP contribution in [0.5, 0.6) is 0 Å². The summed E-state index contributed by atoms with van der Waals surface area (Å²) in [6.45, 7) is 5.62. The van der Waals surface area contributed by atoms with E-state index in [9.17, 15) is 14.4 Å². The number of piperidine rings is 1. The third kappa shape index (κ3) is 4.56. The molecule has 1 fully saturated rings. The number of hydrogen-bond donors (Lipinski definition) is 1. The Kier molecular flexibility index (Phi) is 5.35. The molecule has 3 amide bonds. The number of nitrogens with zero attached hydrogens (tertiary/aromatic N) is 1. The van der Waals surface area contributed by atoms with Gasteiger partial charge in [-0.3, -0.25) is 14.5 Å². The zero-order valence-electron chi connectivity index (χ0n) is 16.0. The fourth-order valence-electron chi connectivity index (χ4n) is 3.57. The molecule has 1 aromatic carbocycles. The zero-order chi connectivity index (χ0) is 19.6. The molecule has 1 aromatic rings. The summed E-state index contributed by atoms with van der Waals surface area (Å²) in [6, 6.07) is 8.98. The first-order valence-corrected chi connectivity index (χ1v) is 9.30. The lowest BCUT2D eigenvalue weighted by Gasteiger charge is -2.37. The highest BCUT2D eigenvalue weighted by atomic mass is 16.6. The number of hydrogen-bond acceptors (Lipinski definition) is 4. The lowest BCUT2D eigenvalue weighted by molar-refractivity contribution is -0.156. The van der Waals surface area contributed by atoms with Crippen molar-refractivity contribution >= 4 is 17.9 Å². The van der Waals surface area contributed by atoms with Crippen molar-refractivity contribution in [1.82, 2.24) is 10.2 Å². The summed E-state index contributed by atoms with van der Waals surface area (Å²) in [5.41, 5.74) is 0.287. The fraction of sp³-hybridized carbons (Fsp3) is 0.476. The van der Waals surface area contributed by atoms with E-state index in [0.717, 1.165) is 5.56 Å². The summed E-state index contributed by atoms with van der Waals surface area (Å²) < 4.78 is 5.32. The van der Waals surface area contributed by atoms with Crippen LogP contribution in [0.3, 0.4) is 0 Å². The SMILES string of the molecule is CC(C)(C)OC(=O)N[C@@H]1C=CC[C@@H]2C[C@@H]1C(=O)N(Cc1ccccc1)C2=O. The van der Waals surface area contributed by atoms with Crippen LogP contribution in [-0.2, 0) is 20.9 Å². The van der Waals surface area contributed by atoms with Gasteiger partial charge in [-0.05, 0) is 39.2 Å². The second-order valence-corrected chi connectivity index (χ2v) is 8.12. The van der Waals surface area contributed by atoms with Gasteiger partial charge in [0, 0.05) is 5.92 Å². The Morgan fingerprint density at radius 1 is 1.19 bits per heavy atom. The molecule has 144 valence electrons. The van der Waals surface area contributed by atoms with E-state index in [0.29, 0.717) is 12.8 Å². The lowest BCUT2D eigenvalue weighted by Crippen LogP contribution is -2.54. The maximum absolute atomic E-state index is 13.1. The highest BCUT2D eigenvalue weighted by Gasteiger charge is 2.44. The average molecular weight is 370 g/mol. The number of carbonyl (C=O) groups is 3. The summed E-state index contributed by atoms with van der Waals surface area (Å²) in [4.78, 5) is 39.4. The summed E-state index contributed by atoms with van der Waals surface area (Å²) in [5.74, 6) is -1.09. The van der Waals surface area contributed by atoms with Crippen molar-refractivity contribution in [2.75, 3.05) is 0 Å². The Morgan fingerprint density at radius 3 is 2.56 bits per heavy atom. The minimum atomic E-state index is -0.618. The largest absolute Gasteiger partial charge is 0.444 e. The molecular weight excluding hydrogens is 344 g/mol. The Bertz CT molecular complexity index is 751. The predicted molar refractivity (Wildman–Crippen MR) is 101 cm³/mol. The van der Waals surface area contributed by atoms with Gasteiger partial charge in [-0.15, -0.1) is 0 Å². The molecule has 2 aliphatic rings. The molecule has 3 atom stereocenters. The van der Waals surface area contributed by atoms with E-state index in [1.54, 1.807) is 20.8 Å². The second-order valence-electron chi connectivity index (χ2n) is 8.12. The molecule has 6 nitrogen and oxygen atoms in total. The minimum absolute atomic E-state index is 0.136. The van der Waals surface area contributed by atoms with Gasteiger partial charge in [-0.1, -0.05) is 42.5 Å². The van der Waals surface area contributed by atoms with Gasteiger partial charge in [-0.2, -0.15) is 0 Å². The summed E-state index contributed by atoms with van der Waals surface area (Å²) in [6.07, 6.45) is 4.14. The van der Waals surface area contributed by atoms with Crippen LogP contribution in [0.1, 0.15) is 39.2 Å². The lowest BCUT2D eigenvalue weighted by atomic mass is 9.84. The summed E-state index contributed by atoms with van der Waals surface area (Å²) >= 11 is 0. The number of benzene rings is 1. The molecule has 1 aliphatic heterocycles. The van der Waals surface area contributed by atoms with Gasteiger partial charge in [0.25, 0.3) is 0 Å². The number of ether oxygens (including phenoxy) is 1. The zero-order valence-corrected chi connectivity index (χ0v) is 16.0. The number of likely N-dealkylation sites (tertiary alicyclic amines) is 1. The van der Waals surface area contributed by atoms with Gasteiger partial charge < -0.3 is 10.1 Å². The van der Waals surface area contributed by atoms with Crippen LogP contribution < -0.4 is 5.32 Å². The molecule has 6 heteroatoms. The summed E-state index contributed by atoms with van der Waals surface area (Å²) in [7, 11) is 0. The minimum Gasteiger partial charge on any atom is -0.444 e. The molecule has 0 radical (unpaired) electrons. The van der Waals surface area contributed by atoms with Crippen molar-refractivity contribution in [3.63, 3.8) is 0 Å². The van der Waals surface area contributed by atoms with Crippen LogP contribution in [0.15, 0.2) is 42.5 Å². The Hall–Kier alpha value is -2.63. The van der Waals surface area contributed by atoms with Crippen molar-refractivity contribution in [3.8, 4) is 0 Å². The number of carbonyl (C=O) groups excluding carboxylic acids is 3. The molecule has 2 bridgehead atoms. The first-order chi connectivity index (χ1) is 12.7. The number of nitrogens with one attached hydrogen (secondary N) is 1. The van der Waals surface area contributed by atoms with Crippen molar-refractivity contribution in [1.29, 1.82) is 0 Å². The Balaban J connectivity index is 1.78. The molecule has 0 aromatic heterocycles. The van der Waals surface area contributed by atoms with E-state index in [1.165, 1.54) is 4.90 Å². The average Bonchev–Trinajstić information content (AvgIpc) is 2.78. The van der Waals surface area contributed by atoms with Crippen molar-refractivity contribution < 1.29 is 19.1 Å². The van der Waals surface area contributed by atoms with Crippen LogP contribution in [0.25, 0.3) is 0 Å². The first kappa shape index (κ1) is 19.1. The van der Waals surface area contributed by atoms with Crippen LogP contribution in [0.4, 0.5) is 4.79 Å². The van der Waals surface area contributed by atoms with E-state index in [4.69, 9.17) is 4.74 Å². The molecule has 3 rings (SSSR count). The monoisotopic (exact) mass is 370 g/mol. The quantitative estimate of drug-likeness (QED) is 0.655. The molecule has 1 heterocycles. The predicted octanol–water partition coefficient (Wildman–Crippen LogP) is 3.03. The molecule has 1 aliphatic carbocycles. The maximum Gasteiger partial charge on any atom is 0.408 e. The topological polar surface area (TPSA) is 75.7 Å². The van der Waals surface area contributed by atoms with Crippen LogP contribution >= 0.6 is 0 Å². The van der Waals surface area contributed by atoms with E-state index >= 15 is 0 Å². The molecule has 0 saturated carbocycles. The molecule has 27 heavy (non-hydrogen) atoms. The van der Waals surface area contributed by atoms with Gasteiger partial charge in [0.2, 0.25) is 11.8 Å². The number of rotatable bonds is 3. The van der Waals surface area contributed by atoms with Gasteiger partial charge in [0.1, 0.15) is 5.60 Å². The molecule has 0 spiro atoms. The highest BCUT2D eigenvalue weighted by molar-refractivity contribution is 6.00. The van der Waals surface area contributed by atoms with E-state index in [1.807, 2.05) is 42.5 Å². The Morgan fingerprint density at radius 2 is 1.89 bits per heavy atom. The first-order valence-electron chi connectivity index (χ1n) is 9.30. The Labute approximate surface area is 159 Å². The summed E-state index contributed by atoms with van der Waals surface area (Å²) in [5, 5.41) is 2.79. The fourth-order valence-corrected chi connectivity index (χ4v) is 3.57. The molecule has 1 saturated heterocycles. The van der Waals surface area contributed by atoms with Crippen LogP contribution in [0.2, 0.25) is 0 Å². The smallest absolute Gasteiger partial charge is 0.408 e. The van der Waals surface area contributed by atoms with Crippen molar-refractivity contribution in [2.24, 2.45) is 11.8 Å². The van der Waals surface area contributed by atoms with Gasteiger partial charge in [-0.25, -0.2) is 4.79 Å². The molecular formula is C21H26N2O4. The molecule has 0 unspecified atom stereocenters. The van der Waals surface area contributed by atoms with E-state index in [-0.39, 0.29) is 24.3 Å². The van der Waals surface area contributed by atoms with Crippen LogP contribution in [0, 0.1) is 11.8 Å². The van der Waals surface area contributed by atoms with Crippen molar-refractivity contribution in [3.05, 3.63) is 48.0 Å². The van der Waals surface area contributed by atoms with Gasteiger partial charge in [0.15, 0.2) is 0 Å². The number of amides is 3. The second kappa shape index (κ2) is 7.55. The van der Waals surface area contributed by atoms with Crippen LogP contribution in [-0.4, -0.2) is 34.5 Å². The third-order valence-electron chi connectivity index (χ3n) is 4.80. The maximum atomic E-state index is 13.1. The number of fused-ring (bicyclic) bond motifs is 2. The van der Waals surface area contributed by atoms with Crippen molar-refractivity contribution in [2.45, 2.75) is 51.8 Å². The molecule has 1 N–H and O–H groups in total. The van der Waals surface area contributed by atoms with E-state index < -0.39 is 23.7 Å². The number of alkyl carbamates (subject to hydrolysis) is 1. The standard InChI is InChI=1S/C21H26N2O4/c1-21(2,3)27-20(26)22-17-11-7-10-15-12-16(17)19(25)23(18(15)24)13-14-8-5-4-6-9-14/h4-9,11,15-17H,10,12-13H2,1-3H3,(H,22,26)/t15-,16+,17-/m1/s1. The number of allylic oxidation sites excluding steroid dienone is 1. The van der Waals surface area contributed by atoms with E-state index in [2.05, 4.69) is 5.32 Å². The normalized spacial score (nSPS) is 25.1. The van der Waals surface area contributed by atoms with Gasteiger partial charge in [0.05, 0.1) is 18.5 Å².